The molecule has 4 heteroatoms. The van der Waals surface area contributed by atoms with Crippen LogP contribution in [0.15, 0.2) is 48.5 Å². The molecule has 0 radical (unpaired) electrons. The summed E-state index contributed by atoms with van der Waals surface area (Å²) < 4.78 is 11.0. The third-order valence-corrected chi connectivity index (χ3v) is 5.48. The first-order valence-electron chi connectivity index (χ1n) is 9.87. The Morgan fingerprint density at radius 1 is 1.11 bits per heavy atom. The van der Waals surface area contributed by atoms with Gasteiger partial charge in [0, 0.05) is 26.0 Å². The number of aliphatic hydroxyl groups is 1. The highest BCUT2D eigenvalue weighted by Crippen LogP contribution is 2.42. The highest BCUT2D eigenvalue weighted by molar-refractivity contribution is 5.42. The fourth-order valence-electron chi connectivity index (χ4n) is 3.89. The van der Waals surface area contributed by atoms with Gasteiger partial charge in [0.15, 0.2) is 5.79 Å². The summed E-state index contributed by atoms with van der Waals surface area (Å²) in [5.41, 5.74) is 2.21. The summed E-state index contributed by atoms with van der Waals surface area (Å²) in [6.45, 7) is 0.637. The number of methoxy groups -OCH3 is 1. The molecule has 4 nitrogen and oxygen atoms in total. The van der Waals surface area contributed by atoms with Crippen molar-refractivity contribution in [1.29, 1.82) is 0 Å². The molecule has 0 heterocycles. The number of unbranched alkanes of at least 4 members (excludes halogenated alkanes) is 1. The van der Waals surface area contributed by atoms with Crippen LogP contribution in [-0.2, 0) is 11.2 Å². The normalized spacial score (nSPS) is 22.5. The second-order valence-corrected chi connectivity index (χ2v) is 7.46. The predicted octanol–water partition coefficient (Wildman–Crippen LogP) is 4.79. The van der Waals surface area contributed by atoms with E-state index >= 15 is 0 Å². The van der Waals surface area contributed by atoms with Gasteiger partial charge in [0.2, 0.25) is 0 Å². The van der Waals surface area contributed by atoms with Gasteiger partial charge in [0.1, 0.15) is 11.5 Å². The fraction of sp³-hybridized carbons (Fsp3) is 0.478. The zero-order valence-corrected chi connectivity index (χ0v) is 16.1. The van der Waals surface area contributed by atoms with E-state index in [0.717, 1.165) is 37.7 Å². The van der Waals surface area contributed by atoms with Crippen LogP contribution < -0.4 is 4.74 Å². The number of phenolic OH excluding ortho intramolecular Hbond substituents is 1. The van der Waals surface area contributed by atoms with Gasteiger partial charge in [-0.3, -0.25) is 0 Å². The van der Waals surface area contributed by atoms with Crippen molar-refractivity contribution in [3.8, 4) is 11.5 Å². The summed E-state index contributed by atoms with van der Waals surface area (Å²) >= 11 is 0. The molecule has 0 saturated heterocycles. The molecule has 1 saturated carbocycles. The van der Waals surface area contributed by atoms with E-state index in [2.05, 4.69) is 24.3 Å². The van der Waals surface area contributed by atoms with Gasteiger partial charge >= 0.3 is 0 Å². The number of aryl methyl sites for hydroxylation is 1. The van der Waals surface area contributed by atoms with E-state index in [1.165, 1.54) is 12.7 Å². The molecule has 2 unspecified atom stereocenters. The van der Waals surface area contributed by atoms with Crippen LogP contribution in [0.3, 0.4) is 0 Å². The van der Waals surface area contributed by atoms with Gasteiger partial charge in [-0.2, -0.15) is 0 Å². The molecule has 2 N–H and O–H groups in total. The lowest BCUT2D eigenvalue weighted by molar-refractivity contribution is -0.206. The van der Waals surface area contributed by atoms with Crippen molar-refractivity contribution in [1.82, 2.24) is 0 Å². The summed E-state index contributed by atoms with van der Waals surface area (Å²) in [5, 5.41) is 20.8. The average molecular weight is 370 g/mol. The van der Waals surface area contributed by atoms with Crippen LogP contribution in [0.4, 0.5) is 0 Å². The van der Waals surface area contributed by atoms with Crippen LogP contribution in [0.1, 0.15) is 55.6 Å². The molecule has 0 bridgehead atoms. The third kappa shape index (κ3) is 5.47. The summed E-state index contributed by atoms with van der Waals surface area (Å²) in [7, 11) is 1.54. The highest BCUT2D eigenvalue weighted by Gasteiger charge is 2.35. The van der Waals surface area contributed by atoms with Crippen LogP contribution in [0.2, 0.25) is 0 Å². The van der Waals surface area contributed by atoms with Crippen LogP contribution in [0.25, 0.3) is 0 Å². The zero-order chi connectivity index (χ0) is 19.1. The fourth-order valence-corrected chi connectivity index (χ4v) is 3.89. The lowest BCUT2D eigenvalue weighted by atomic mass is 9.80. The smallest absolute Gasteiger partial charge is 0.165 e. The maximum absolute atomic E-state index is 10.4. The highest BCUT2D eigenvalue weighted by atomic mass is 16.6. The lowest BCUT2D eigenvalue weighted by Gasteiger charge is -2.35. The van der Waals surface area contributed by atoms with Gasteiger partial charge in [0.05, 0.1) is 6.61 Å². The number of hydrogen-bond acceptors (Lipinski definition) is 4. The second-order valence-electron chi connectivity index (χ2n) is 7.46. The molecule has 1 aliphatic carbocycles. The van der Waals surface area contributed by atoms with E-state index < -0.39 is 5.79 Å². The lowest BCUT2D eigenvalue weighted by Crippen LogP contribution is -2.36. The molecule has 0 amide bonds. The SMILES string of the molecule is COC1(O)CCCC(c2ccc(OCCCCc3ccccc3)cc2O)C1. The topological polar surface area (TPSA) is 58.9 Å². The van der Waals surface area contributed by atoms with Crippen molar-refractivity contribution in [2.24, 2.45) is 0 Å². The zero-order valence-electron chi connectivity index (χ0n) is 16.1. The van der Waals surface area contributed by atoms with E-state index in [1.807, 2.05) is 18.2 Å². The van der Waals surface area contributed by atoms with E-state index in [4.69, 9.17) is 9.47 Å². The summed E-state index contributed by atoms with van der Waals surface area (Å²) in [6, 6.07) is 16.0. The predicted molar refractivity (Wildman–Crippen MR) is 106 cm³/mol. The monoisotopic (exact) mass is 370 g/mol. The van der Waals surface area contributed by atoms with Crippen molar-refractivity contribution in [2.45, 2.75) is 56.7 Å². The quantitative estimate of drug-likeness (QED) is 0.518. The molecule has 2 aromatic carbocycles. The van der Waals surface area contributed by atoms with Crippen LogP contribution in [0.5, 0.6) is 11.5 Å². The second kappa shape index (κ2) is 9.25. The molecule has 146 valence electrons. The van der Waals surface area contributed by atoms with E-state index in [1.54, 1.807) is 6.07 Å². The number of hydrogen-bond donors (Lipinski definition) is 2. The Labute approximate surface area is 161 Å². The van der Waals surface area contributed by atoms with E-state index in [9.17, 15) is 10.2 Å². The Hall–Kier alpha value is -2.04. The van der Waals surface area contributed by atoms with Gasteiger partial charge in [-0.25, -0.2) is 0 Å². The largest absolute Gasteiger partial charge is 0.508 e. The minimum absolute atomic E-state index is 0.101. The summed E-state index contributed by atoms with van der Waals surface area (Å²) in [5.74, 6) is -0.0527. The van der Waals surface area contributed by atoms with Crippen molar-refractivity contribution < 1.29 is 19.7 Å². The Morgan fingerprint density at radius 2 is 1.93 bits per heavy atom. The summed E-state index contributed by atoms with van der Waals surface area (Å²) in [4.78, 5) is 0. The van der Waals surface area contributed by atoms with Crippen molar-refractivity contribution in [2.75, 3.05) is 13.7 Å². The maximum atomic E-state index is 10.4. The van der Waals surface area contributed by atoms with Gasteiger partial charge in [-0.1, -0.05) is 36.4 Å². The molecular weight excluding hydrogens is 340 g/mol. The molecule has 3 rings (SSSR count). The first-order valence-corrected chi connectivity index (χ1v) is 9.87. The van der Waals surface area contributed by atoms with Crippen LogP contribution in [-0.4, -0.2) is 29.7 Å². The van der Waals surface area contributed by atoms with E-state index in [0.29, 0.717) is 25.2 Å². The molecule has 0 aliphatic heterocycles. The first kappa shape index (κ1) is 19.7. The van der Waals surface area contributed by atoms with Crippen molar-refractivity contribution >= 4 is 0 Å². The Kier molecular flexibility index (Phi) is 6.75. The van der Waals surface area contributed by atoms with Crippen molar-refractivity contribution in [3.05, 3.63) is 59.7 Å². The number of phenols is 1. The van der Waals surface area contributed by atoms with Gasteiger partial charge in [-0.05, 0) is 55.2 Å². The molecule has 2 atom stereocenters. The minimum Gasteiger partial charge on any atom is -0.508 e. The van der Waals surface area contributed by atoms with E-state index in [-0.39, 0.29) is 11.7 Å². The van der Waals surface area contributed by atoms with Crippen LogP contribution in [0, 0.1) is 0 Å². The van der Waals surface area contributed by atoms with Gasteiger partial charge in [-0.15, -0.1) is 0 Å². The maximum Gasteiger partial charge on any atom is 0.165 e. The number of aromatic hydroxyl groups is 1. The molecule has 0 spiro atoms. The number of benzene rings is 2. The Bertz CT molecular complexity index is 716. The molecule has 1 fully saturated rings. The first-order chi connectivity index (χ1) is 13.1. The van der Waals surface area contributed by atoms with Gasteiger partial charge in [0.25, 0.3) is 0 Å². The minimum atomic E-state index is -1.08. The average Bonchev–Trinajstić information content (AvgIpc) is 2.69. The number of rotatable bonds is 8. The third-order valence-electron chi connectivity index (χ3n) is 5.48. The molecule has 1 aliphatic rings. The van der Waals surface area contributed by atoms with Crippen LogP contribution >= 0.6 is 0 Å². The van der Waals surface area contributed by atoms with Gasteiger partial charge < -0.3 is 19.7 Å². The summed E-state index contributed by atoms with van der Waals surface area (Å²) in [6.07, 6.45) is 6.08. The Balaban J connectivity index is 1.48. The molecular formula is C23H30O4. The molecule has 27 heavy (non-hydrogen) atoms. The Morgan fingerprint density at radius 3 is 2.67 bits per heavy atom. The molecule has 2 aromatic rings. The number of ether oxygens (including phenoxy) is 2. The standard InChI is InChI=1S/C23H30O4/c1-26-23(25)14-7-11-19(17-23)21-13-12-20(16-22(21)24)27-15-6-5-10-18-8-3-2-4-9-18/h2-4,8-9,12-13,16,19,24-25H,5-7,10-11,14-15,17H2,1H3. The molecule has 0 aromatic heterocycles. The van der Waals surface area contributed by atoms with Crippen molar-refractivity contribution in [3.63, 3.8) is 0 Å².